The first-order valence-electron chi connectivity index (χ1n) is 22.5. The smallest absolute Gasteiger partial charge is 0.472 e. The van der Waals surface area contributed by atoms with E-state index in [0.717, 1.165) is 64.2 Å². The summed E-state index contributed by atoms with van der Waals surface area (Å²) in [7, 11) is -4.76. The summed E-state index contributed by atoms with van der Waals surface area (Å²) in [6, 6.07) is -1.18. The number of carbonyl (C=O) groups is 3. The maximum Gasteiger partial charge on any atom is 0.472 e. The second-order valence-corrected chi connectivity index (χ2v) is 17.6. The Hall–Kier alpha value is -3.11. The highest BCUT2D eigenvalue weighted by Crippen LogP contribution is 2.43. The highest BCUT2D eigenvalue weighted by Gasteiger charge is 2.28. The molecule has 0 saturated heterocycles. The molecule has 0 aliphatic rings. The maximum absolute atomic E-state index is 13.0. The van der Waals surface area contributed by atoms with Crippen LogP contribution in [0.15, 0.2) is 85.1 Å². The molecule has 0 heterocycles. The highest BCUT2D eigenvalue weighted by molar-refractivity contribution is 8.00. The number of ether oxygens (including phenoxy) is 2. The Bertz CT molecular complexity index is 1450. The molecule has 360 valence electrons. The van der Waals surface area contributed by atoms with Gasteiger partial charge in [0.2, 0.25) is 0 Å². The summed E-state index contributed by atoms with van der Waals surface area (Å²) in [5, 5.41) is 37.8. The Morgan fingerprint density at radius 2 is 1.32 bits per heavy atom. The Kier molecular flexibility index (Phi) is 39.5. The van der Waals surface area contributed by atoms with Gasteiger partial charge in [-0.3, -0.25) is 23.4 Å². The summed E-state index contributed by atoms with van der Waals surface area (Å²) >= 11 is 1.19. The fourth-order valence-electron chi connectivity index (χ4n) is 5.45. The second kappa shape index (κ2) is 41.6. The van der Waals surface area contributed by atoms with Crippen LogP contribution in [-0.4, -0.2) is 105 Å². The molecule has 0 rings (SSSR count). The number of nitrogens with two attached hydrogens (primary N) is 1. The van der Waals surface area contributed by atoms with Crippen LogP contribution in [0.3, 0.4) is 0 Å². The van der Waals surface area contributed by atoms with E-state index in [4.69, 9.17) is 29.9 Å². The minimum Gasteiger partial charge on any atom is -0.481 e. The number of carboxylic acids is 1. The lowest BCUT2D eigenvalue weighted by Crippen LogP contribution is -2.38. The van der Waals surface area contributed by atoms with Gasteiger partial charge in [0.25, 0.3) is 0 Å². The van der Waals surface area contributed by atoms with Crippen molar-refractivity contribution in [3.63, 3.8) is 0 Å². The monoisotopic (exact) mass is 927 g/mol. The minimum absolute atomic E-state index is 0.0106. The van der Waals surface area contributed by atoms with Gasteiger partial charge in [0.05, 0.1) is 25.9 Å². The Morgan fingerprint density at radius 1 is 0.714 bits per heavy atom. The molecule has 0 spiro atoms. The lowest BCUT2D eigenvalue weighted by Gasteiger charge is -2.22. The van der Waals surface area contributed by atoms with Gasteiger partial charge in [-0.25, -0.2) is 4.57 Å². The fraction of sp³-hybridized carbons (Fsp3) is 0.638. The van der Waals surface area contributed by atoms with E-state index >= 15 is 0 Å². The molecule has 0 bridgehead atoms. The lowest BCUT2D eigenvalue weighted by atomic mass is 10.1. The number of esters is 2. The van der Waals surface area contributed by atoms with Gasteiger partial charge in [-0.05, 0) is 70.6 Å². The number of aliphatic hydroxyl groups excluding tert-OH is 3. The standard InChI is InChI=1S/C47H78NO13PS/c1-3-5-7-9-11-13-15-17-18-19-21-23-25-27-29-34-46(54)61-41(38-60-62(56,57)59-36-40(50)35-49)37-58-47(55)42(48)39-63-44(43(51)31-30-33-45(52)53)32-28-26-24-22-20-16-14-12-10-8-6-4-2/h5,7,11-14,17-18,20,22,24,26,28,32,40-44,49-51H,3-4,6,8-10,15-16,19,21,23,25,27,29-31,33-39,48H2,1-2H3,(H,52,53)(H,56,57)/b7-5-,13-11-,14-12-,18-17-,22-20-,26-24+,32-28+/t40-,41+,42-,43-,44+/m0/s1. The van der Waals surface area contributed by atoms with Crippen LogP contribution in [0.1, 0.15) is 129 Å². The summed E-state index contributed by atoms with van der Waals surface area (Å²) in [5.41, 5.74) is 6.15. The van der Waals surface area contributed by atoms with Gasteiger partial charge >= 0.3 is 25.7 Å². The number of carboxylic acid groups (broad SMARTS) is 1. The van der Waals surface area contributed by atoms with Gasteiger partial charge in [0, 0.05) is 23.8 Å². The van der Waals surface area contributed by atoms with Crippen LogP contribution < -0.4 is 5.73 Å². The molecule has 0 aliphatic carbocycles. The van der Waals surface area contributed by atoms with Gasteiger partial charge in [0.15, 0.2) is 6.10 Å². The van der Waals surface area contributed by atoms with Gasteiger partial charge < -0.3 is 40.5 Å². The SMILES string of the molecule is CC/C=C\C/C=C\C/C=C\CCCCCCCC(=O)O[C@H](COC(=O)[C@@H](N)CS[C@H](/C=C/C=C/C=C\C/C=C\CCCCC)[C@@H](O)CCCC(=O)O)COP(=O)(O)OC[C@@H](O)CO. The lowest BCUT2D eigenvalue weighted by molar-refractivity contribution is -0.161. The normalized spacial score (nSPS) is 15.9. The van der Waals surface area contributed by atoms with Crippen molar-refractivity contribution < 1.29 is 62.8 Å². The van der Waals surface area contributed by atoms with Crippen molar-refractivity contribution in [1.82, 2.24) is 0 Å². The average Bonchev–Trinajstić information content (AvgIpc) is 3.25. The van der Waals surface area contributed by atoms with E-state index < -0.39 is 81.8 Å². The summed E-state index contributed by atoms with van der Waals surface area (Å²) in [5.74, 6) is -2.45. The van der Waals surface area contributed by atoms with Crippen molar-refractivity contribution in [2.24, 2.45) is 5.73 Å². The molecule has 0 aromatic carbocycles. The number of carbonyl (C=O) groups excluding carboxylic acids is 2. The number of hydrogen-bond acceptors (Lipinski definition) is 13. The summed E-state index contributed by atoms with van der Waals surface area (Å²) < 4.78 is 32.8. The third-order valence-corrected chi connectivity index (χ3v) is 11.4. The quantitative estimate of drug-likeness (QED) is 0.0111. The number of rotatable bonds is 41. The molecular formula is C47H78NO13PS. The van der Waals surface area contributed by atoms with Crippen molar-refractivity contribution in [2.45, 2.75) is 159 Å². The maximum atomic E-state index is 13.0. The number of thioether (sulfide) groups is 1. The number of allylic oxidation sites excluding steroid dienone is 13. The van der Waals surface area contributed by atoms with Crippen LogP contribution in [0, 0.1) is 0 Å². The topological polar surface area (TPSA) is 232 Å². The molecule has 7 N–H and O–H groups in total. The molecule has 0 aromatic rings. The Balaban J connectivity index is 5.23. The molecule has 6 atom stereocenters. The van der Waals surface area contributed by atoms with Crippen LogP contribution >= 0.6 is 19.6 Å². The summed E-state index contributed by atoms with van der Waals surface area (Å²) in [6.07, 6.45) is 38.8. The molecule has 0 aromatic heterocycles. The van der Waals surface area contributed by atoms with Crippen LogP contribution in [0.5, 0.6) is 0 Å². The number of hydrogen-bond donors (Lipinski definition) is 6. The minimum atomic E-state index is -4.76. The number of phosphoric ester groups is 1. The van der Waals surface area contributed by atoms with E-state index in [2.05, 4.69) is 67.0 Å². The molecule has 0 saturated carbocycles. The molecule has 14 nitrogen and oxygen atoms in total. The Morgan fingerprint density at radius 3 is 1.98 bits per heavy atom. The molecule has 0 aliphatic heterocycles. The van der Waals surface area contributed by atoms with E-state index in [1.54, 1.807) is 18.2 Å². The first kappa shape index (κ1) is 59.9. The largest absolute Gasteiger partial charge is 0.481 e. The molecule has 0 fully saturated rings. The summed E-state index contributed by atoms with van der Waals surface area (Å²) in [4.78, 5) is 46.8. The zero-order valence-corrected chi connectivity index (χ0v) is 39.4. The highest BCUT2D eigenvalue weighted by atomic mass is 32.2. The van der Waals surface area contributed by atoms with Crippen LogP contribution in [0.4, 0.5) is 0 Å². The van der Waals surface area contributed by atoms with Crippen LogP contribution in [0.25, 0.3) is 0 Å². The number of phosphoric acid groups is 1. The number of unbranched alkanes of at least 4 members (excludes halogenated alkanes) is 8. The number of aliphatic carboxylic acids is 1. The fourth-order valence-corrected chi connectivity index (χ4v) is 7.36. The number of aliphatic hydroxyl groups is 3. The van der Waals surface area contributed by atoms with E-state index in [-0.39, 0.29) is 31.4 Å². The van der Waals surface area contributed by atoms with E-state index in [1.807, 2.05) is 18.2 Å². The first-order chi connectivity index (χ1) is 30.3. The van der Waals surface area contributed by atoms with Crippen molar-refractivity contribution in [3.05, 3.63) is 85.1 Å². The second-order valence-electron chi connectivity index (χ2n) is 14.9. The predicted octanol–water partition coefficient (Wildman–Crippen LogP) is 8.76. The molecule has 0 radical (unpaired) electrons. The van der Waals surface area contributed by atoms with E-state index in [1.165, 1.54) is 31.0 Å². The molecule has 1 unspecified atom stereocenters. The van der Waals surface area contributed by atoms with Crippen molar-refractivity contribution in [1.29, 1.82) is 0 Å². The average molecular weight is 928 g/mol. The van der Waals surface area contributed by atoms with Crippen LogP contribution in [-0.2, 0) is 37.5 Å². The summed E-state index contributed by atoms with van der Waals surface area (Å²) in [6.45, 7) is 1.62. The van der Waals surface area contributed by atoms with Crippen molar-refractivity contribution >= 4 is 37.5 Å². The molecule has 0 amide bonds. The molecule has 63 heavy (non-hydrogen) atoms. The third-order valence-electron chi connectivity index (χ3n) is 9.03. The van der Waals surface area contributed by atoms with Crippen molar-refractivity contribution in [3.8, 4) is 0 Å². The van der Waals surface area contributed by atoms with Crippen LogP contribution in [0.2, 0.25) is 0 Å². The van der Waals surface area contributed by atoms with Gasteiger partial charge in [-0.2, -0.15) is 0 Å². The van der Waals surface area contributed by atoms with E-state index in [9.17, 15) is 34.1 Å². The van der Waals surface area contributed by atoms with Crippen molar-refractivity contribution in [2.75, 3.05) is 32.2 Å². The molecular weight excluding hydrogens is 850 g/mol. The third kappa shape index (κ3) is 39.0. The van der Waals surface area contributed by atoms with E-state index in [0.29, 0.717) is 6.42 Å². The zero-order valence-electron chi connectivity index (χ0n) is 37.7. The molecule has 16 heteroatoms. The van der Waals surface area contributed by atoms with Gasteiger partial charge in [-0.1, -0.05) is 131 Å². The van der Waals surface area contributed by atoms with Gasteiger partial charge in [-0.15, -0.1) is 11.8 Å². The zero-order chi connectivity index (χ0) is 46.8. The first-order valence-corrected chi connectivity index (χ1v) is 25.0. The Labute approximate surface area is 381 Å². The van der Waals surface area contributed by atoms with Gasteiger partial charge in [0.1, 0.15) is 18.8 Å². The predicted molar refractivity (Wildman–Crippen MR) is 252 cm³/mol.